The van der Waals surface area contributed by atoms with E-state index in [1.165, 1.54) is 11.1 Å². The maximum absolute atomic E-state index is 4.65. The molecule has 3 heterocycles. The monoisotopic (exact) mass is 301 g/mol. The summed E-state index contributed by atoms with van der Waals surface area (Å²) in [5, 5.41) is 5.66. The van der Waals surface area contributed by atoms with Gasteiger partial charge in [0.15, 0.2) is 0 Å². The molecule has 0 amide bonds. The standard InChI is InChI=1S/C17H23N3S/c1-13(2)9-18-10-14-3-4-17(19-11-14)20-7-5-16-15(12-20)6-8-21-16/h3-4,6,8,11,13,18H,5,7,9-10,12H2,1-2H3. The number of thiophene rings is 1. The van der Waals surface area contributed by atoms with Crippen molar-refractivity contribution >= 4 is 17.2 Å². The maximum atomic E-state index is 4.65. The molecule has 0 fully saturated rings. The molecule has 0 saturated carbocycles. The molecule has 0 saturated heterocycles. The second-order valence-corrected chi connectivity index (χ2v) is 7.09. The number of rotatable bonds is 5. The number of fused-ring (bicyclic) bond motifs is 1. The van der Waals surface area contributed by atoms with Gasteiger partial charge in [0, 0.05) is 30.7 Å². The van der Waals surface area contributed by atoms with Gasteiger partial charge < -0.3 is 10.2 Å². The van der Waals surface area contributed by atoms with Crippen molar-refractivity contribution in [1.82, 2.24) is 10.3 Å². The van der Waals surface area contributed by atoms with E-state index in [0.717, 1.165) is 38.4 Å². The van der Waals surface area contributed by atoms with Crippen molar-refractivity contribution in [1.29, 1.82) is 0 Å². The minimum atomic E-state index is 0.686. The highest BCUT2D eigenvalue weighted by molar-refractivity contribution is 7.10. The molecule has 4 heteroatoms. The van der Waals surface area contributed by atoms with Crippen LogP contribution in [0.3, 0.4) is 0 Å². The quantitative estimate of drug-likeness (QED) is 0.917. The summed E-state index contributed by atoms with van der Waals surface area (Å²) < 4.78 is 0. The van der Waals surface area contributed by atoms with Crippen molar-refractivity contribution in [2.24, 2.45) is 5.92 Å². The van der Waals surface area contributed by atoms with Gasteiger partial charge in [-0.3, -0.25) is 0 Å². The van der Waals surface area contributed by atoms with Crippen LogP contribution in [0, 0.1) is 5.92 Å². The second kappa shape index (κ2) is 6.58. The molecule has 3 rings (SSSR count). The van der Waals surface area contributed by atoms with Gasteiger partial charge in [-0.05, 0) is 47.5 Å². The van der Waals surface area contributed by atoms with E-state index in [2.05, 4.69) is 52.6 Å². The third-order valence-corrected chi connectivity index (χ3v) is 4.85. The van der Waals surface area contributed by atoms with Gasteiger partial charge in [-0.1, -0.05) is 19.9 Å². The summed E-state index contributed by atoms with van der Waals surface area (Å²) in [5.74, 6) is 1.78. The molecule has 0 spiro atoms. The number of nitrogens with one attached hydrogen (secondary N) is 1. The number of anilines is 1. The lowest BCUT2D eigenvalue weighted by atomic mass is 10.1. The molecule has 2 aromatic rings. The average molecular weight is 301 g/mol. The van der Waals surface area contributed by atoms with Crippen molar-refractivity contribution in [3.63, 3.8) is 0 Å². The Morgan fingerprint density at radius 3 is 3.00 bits per heavy atom. The second-order valence-electron chi connectivity index (χ2n) is 6.09. The molecule has 0 bridgehead atoms. The zero-order valence-electron chi connectivity index (χ0n) is 12.8. The Labute approximate surface area is 131 Å². The van der Waals surface area contributed by atoms with E-state index in [9.17, 15) is 0 Å². The normalized spacial score (nSPS) is 14.5. The first-order valence-corrected chi connectivity index (χ1v) is 8.56. The topological polar surface area (TPSA) is 28.2 Å². The molecule has 2 aromatic heterocycles. The van der Waals surface area contributed by atoms with Gasteiger partial charge in [0.2, 0.25) is 0 Å². The lowest BCUT2D eigenvalue weighted by Crippen LogP contribution is -2.30. The van der Waals surface area contributed by atoms with Crippen LogP contribution in [-0.4, -0.2) is 18.1 Å². The lowest BCUT2D eigenvalue weighted by Gasteiger charge is -2.28. The zero-order chi connectivity index (χ0) is 14.7. The molecule has 0 radical (unpaired) electrons. The molecule has 21 heavy (non-hydrogen) atoms. The summed E-state index contributed by atoms with van der Waals surface area (Å²) in [4.78, 5) is 8.56. The molecule has 0 unspecified atom stereocenters. The minimum absolute atomic E-state index is 0.686. The number of aromatic nitrogens is 1. The Hall–Kier alpha value is -1.39. The van der Waals surface area contributed by atoms with Crippen LogP contribution in [0.4, 0.5) is 5.82 Å². The number of hydrogen-bond acceptors (Lipinski definition) is 4. The van der Waals surface area contributed by atoms with Crippen LogP contribution in [0.5, 0.6) is 0 Å². The molecule has 1 aliphatic heterocycles. The molecular weight excluding hydrogens is 278 g/mol. The lowest BCUT2D eigenvalue weighted by molar-refractivity contribution is 0.552. The van der Waals surface area contributed by atoms with Gasteiger partial charge in [0.1, 0.15) is 5.82 Å². The first kappa shape index (κ1) is 14.5. The fourth-order valence-electron chi connectivity index (χ4n) is 2.66. The number of nitrogens with zero attached hydrogens (tertiary/aromatic N) is 2. The van der Waals surface area contributed by atoms with Crippen molar-refractivity contribution in [3.8, 4) is 0 Å². The molecule has 1 aliphatic rings. The van der Waals surface area contributed by atoms with Gasteiger partial charge in [0.05, 0.1) is 0 Å². The van der Waals surface area contributed by atoms with Crippen LogP contribution < -0.4 is 10.2 Å². The van der Waals surface area contributed by atoms with E-state index in [4.69, 9.17) is 0 Å². The van der Waals surface area contributed by atoms with Gasteiger partial charge >= 0.3 is 0 Å². The summed E-state index contributed by atoms with van der Waals surface area (Å²) in [6.45, 7) is 8.48. The molecule has 1 N–H and O–H groups in total. The molecule has 3 nitrogen and oxygen atoms in total. The Kier molecular flexibility index (Phi) is 4.56. The number of hydrogen-bond donors (Lipinski definition) is 1. The Balaban J connectivity index is 1.60. The minimum Gasteiger partial charge on any atom is -0.352 e. The van der Waals surface area contributed by atoms with Crippen molar-refractivity contribution in [2.75, 3.05) is 18.0 Å². The van der Waals surface area contributed by atoms with Crippen LogP contribution in [-0.2, 0) is 19.5 Å². The predicted octanol–water partition coefficient (Wildman–Crippen LogP) is 3.45. The third-order valence-electron chi connectivity index (χ3n) is 3.82. The summed E-state index contributed by atoms with van der Waals surface area (Å²) in [5.41, 5.74) is 2.73. The van der Waals surface area contributed by atoms with Gasteiger partial charge in [-0.25, -0.2) is 4.98 Å². The molecule has 0 aromatic carbocycles. The fourth-order valence-corrected chi connectivity index (χ4v) is 3.55. The van der Waals surface area contributed by atoms with E-state index in [1.807, 2.05) is 17.5 Å². The van der Waals surface area contributed by atoms with Gasteiger partial charge in [0.25, 0.3) is 0 Å². The smallest absolute Gasteiger partial charge is 0.128 e. The highest BCUT2D eigenvalue weighted by Crippen LogP contribution is 2.26. The van der Waals surface area contributed by atoms with Crippen molar-refractivity contribution in [2.45, 2.75) is 33.4 Å². The largest absolute Gasteiger partial charge is 0.352 e. The van der Waals surface area contributed by atoms with Crippen LogP contribution in [0.15, 0.2) is 29.8 Å². The van der Waals surface area contributed by atoms with Gasteiger partial charge in [-0.2, -0.15) is 0 Å². The highest BCUT2D eigenvalue weighted by atomic mass is 32.1. The molecule has 0 aliphatic carbocycles. The Morgan fingerprint density at radius 1 is 1.33 bits per heavy atom. The maximum Gasteiger partial charge on any atom is 0.128 e. The summed E-state index contributed by atoms with van der Waals surface area (Å²) in [6, 6.07) is 6.60. The van der Waals surface area contributed by atoms with E-state index < -0.39 is 0 Å². The van der Waals surface area contributed by atoms with Crippen LogP contribution >= 0.6 is 11.3 Å². The van der Waals surface area contributed by atoms with Crippen LogP contribution in [0.25, 0.3) is 0 Å². The van der Waals surface area contributed by atoms with E-state index in [-0.39, 0.29) is 0 Å². The summed E-state index contributed by atoms with van der Waals surface area (Å²) >= 11 is 1.88. The first-order chi connectivity index (χ1) is 10.2. The number of pyridine rings is 1. The average Bonchev–Trinajstić information content (AvgIpc) is 2.95. The van der Waals surface area contributed by atoms with Gasteiger partial charge in [-0.15, -0.1) is 11.3 Å². The Morgan fingerprint density at radius 2 is 2.24 bits per heavy atom. The molecular formula is C17H23N3S. The summed E-state index contributed by atoms with van der Waals surface area (Å²) in [6.07, 6.45) is 3.15. The van der Waals surface area contributed by atoms with Crippen molar-refractivity contribution < 1.29 is 0 Å². The van der Waals surface area contributed by atoms with E-state index >= 15 is 0 Å². The zero-order valence-corrected chi connectivity index (χ0v) is 13.6. The molecule has 112 valence electrons. The first-order valence-electron chi connectivity index (χ1n) is 7.68. The van der Waals surface area contributed by atoms with E-state index in [0.29, 0.717) is 5.92 Å². The highest BCUT2D eigenvalue weighted by Gasteiger charge is 2.18. The Bertz CT molecular complexity index is 574. The third kappa shape index (κ3) is 3.63. The van der Waals surface area contributed by atoms with Crippen LogP contribution in [0.1, 0.15) is 29.9 Å². The predicted molar refractivity (Wildman–Crippen MR) is 89.9 cm³/mol. The summed E-state index contributed by atoms with van der Waals surface area (Å²) in [7, 11) is 0. The van der Waals surface area contributed by atoms with Crippen molar-refractivity contribution in [3.05, 3.63) is 45.8 Å². The SMILES string of the molecule is CC(C)CNCc1ccc(N2CCc3sccc3C2)nc1. The fraction of sp³-hybridized carbons (Fsp3) is 0.471. The van der Waals surface area contributed by atoms with E-state index in [1.54, 1.807) is 4.88 Å². The molecule has 0 atom stereocenters. The van der Waals surface area contributed by atoms with Crippen LogP contribution in [0.2, 0.25) is 0 Å².